The number of ketones is 1. The second kappa shape index (κ2) is 5.26. The highest BCUT2D eigenvalue weighted by Gasteiger charge is 2.28. The minimum Gasteiger partial charge on any atom is -0.484 e. The molecule has 1 atom stereocenters. The molecule has 3 nitrogen and oxygen atoms in total. The number of nitriles is 1. The van der Waals surface area contributed by atoms with Crippen molar-refractivity contribution in [2.24, 2.45) is 0 Å². The Morgan fingerprint density at radius 2 is 1.78 bits per heavy atom. The van der Waals surface area contributed by atoms with E-state index in [1.54, 1.807) is 12.1 Å². The van der Waals surface area contributed by atoms with Gasteiger partial charge in [0, 0.05) is 5.39 Å². The van der Waals surface area contributed by atoms with Gasteiger partial charge in [-0.3, -0.25) is 4.79 Å². The molecule has 4 rings (SSSR count). The summed E-state index contributed by atoms with van der Waals surface area (Å²) >= 11 is 0. The van der Waals surface area contributed by atoms with Gasteiger partial charge in [-0.15, -0.1) is 0 Å². The third-order valence-electron chi connectivity index (χ3n) is 4.22. The van der Waals surface area contributed by atoms with Gasteiger partial charge in [0.25, 0.3) is 0 Å². The molecule has 0 aliphatic carbocycles. The van der Waals surface area contributed by atoms with E-state index in [1.165, 1.54) is 0 Å². The third kappa shape index (κ3) is 2.25. The largest absolute Gasteiger partial charge is 0.484 e. The fraction of sp³-hybridized carbons (Fsp3) is 0.100. The van der Waals surface area contributed by atoms with Gasteiger partial charge in [0.1, 0.15) is 11.9 Å². The summed E-state index contributed by atoms with van der Waals surface area (Å²) in [5.74, 6) is 0.750. The molecule has 0 N–H and O–H groups in total. The van der Waals surface area contributed by atoms with Gasteiger partial charge >= 0.3 is 0 Å². The van der Waals surface area contributed by atoms with Crippen LogP contribution in [0.2, 0.25) is 0 Å². The monoisotopic (exact) mass is 299 g/mol. The number of nitrogens with zero attached hydrogens (tertiary/aromatic N) is 1. The maximum Gasteiger partial charge on any atom is 0.170 e. The third-order valence-corrected chi connectivity index (χ3v) is 4.22. The molecule has 0 amide bonds. The fourth-order valence-corrected chi connectivity index (χ4v) is 3.01. The van der Waals surface area contributed by atoms with Crippen molar-refractivity contribution in [2.75, 3.05) is 0 Å². The highest BCUT2D eigenvalue weighted by Crippen LogP contribution is 2.39. The smallest absolute Gasteiger partial charge is 0.170 e. The molecule has 3 heteroatoms. The van der Waals surface area contributed by atoms with Crippen LogP contribution in [0.4, 0.5) is 0 Å². The summed E-state index contributed by atoms with van der Waals surface area (Å²) in [4.78, 5) is 12.5. The van der Waals surface area contributed by atoms with E-state index in [-0.39, 0.29) is 11.9 Å². The first-order valence-electron chi connectivity index (χ1n) is 7.48. The molecule has 110 valence electrons. The zero-order valence-corrected chi connectivity index (χ0v) is 12.3. The molecule has 1 aliphatic heterocycles. The van der Waals surface area contributed by atoms with Crippen LogP contribution in [-0.2, 0) is 0 Å². The molecule has 0 saturated carbocycles. The topological polar surface area (TPSA) is 50.1 Å². The van der Waals surface area contributed by atoms with Gasteiger partial charge in [-0.2, -0.15) is 5.26 Å². The lowest BCUT2D eigenvalue weighted by Gasteiger charge is -2.26. The van der Waals surface area contributed by atoms with Gasteiger partial charge in [-0.25, -0.2) is 0 Å². The first-order valence-corrected chi connectivity index (χ1v) is 7.48. The van der Waals surface area contributed by atoms with Crippen LogP contribution in [0.15, 0.2) is 60.7 Å². The molecule has 1 aliphatic rings. The molecular formula is C20H13NO2. The maximum atomic E-state index is 12.5. The highest BCUT2D eigenvalue weighted by atomic mass is 16.5. The number of Topliss-reactive ketones (excluding diaryl/α,β-unsaturated/α-hetero) is 1. The van der Waals surface area contributed by atoms with Crippen molar-refractivity contribution in [1.29, 1.82) is 5.26 Å². The van der Waals surface area contributed by atoms with Crippen LogP contribution in [0, 0.1) is 11.3 Å². The van der Waals surface area contributed by atoms with Crippen LogP contribution in [0.1, 0.15) is 34.0 Å². The molecule has 0 spiro atoms. The predicted octanol–water partition coefficient (Wildman–Crippen LogP) is 4.42. The summed E-state index contributed by atoms with van der Waals surface area (Å²) in [6, 6.07) is 21.0. The molecule has 1 heterocycles. The van der Waals surface area contributed by atoms with E-state index in [0.717, 1.165) is 16.3 Å². The molecular weight excluding hydrogens is 286 g/mol. The zero-order chi connectivity index (χ0) is 15.8. The van der Waals surface area contributed by atoms with Crippen molar-refractivity contribution in [3.05, 3.63) is 77.4 Å². The number of hydrogen-bond acceptors (Lipinski definition) is 3. The summed E-state index contributed by atoms with van der Waals surface area (Å²) in [6.07, 6.45) is 0.00518. The summed E-state index contributed by atoms with van der Waals surface area (Å²) in [6.45, 7) is 0. The van der Waals surface area contributed by atoms with Gasteiger partial charge in [0.05, 0.1) is 23.6 Å². The van der Waals surface area contributed by atoms with E-state index in [9.17, 15) is 4.79 Å². The van der Waals surface area contributed by atoms with E-state index in [2.05, 4.69) is 6.07 Å². The van der Waals surface area contributed by atoms with Gasteiger partial charge in [-0.1, -0.05) is 42.5 Å². The Bertz CT molecular complexity index is 952. The summed E-state index contributed by atoms with van der Waals surface area (Å²) < 4.78 is 6.17. The maximum absolute atomic E-state index is 12.5. The Hall–Kier alpha value is -3.12. The quantitative estimate of drug-likeness (QED) is 0.668. The lowest BCUT2D eigenvalue weighted by molar-refractivity contribution is 0.0853. The molecule has 1 unspecified atom stereocenters. The molecule has 23 heavy (non-hydrogen) atoms. The molecule has 3 aromatic carbocycles. The van der Waals surface area contributed by atoms with E-state index >= 15 is 0 Å². The van der Waals surface area contributed by atoms with E-state index in [1.807, 2.05) is 48.5 Å². The predicted molar refractivity (Wildman–Crippen MR) is 87.4 cm³/mol. The van der Waals surface area contributed by atoms with Crippen LogP contribution in [0.25, 0.3) is 10.8 Å². The van der Waals surface area contributed by atoms with Gasteiger partial charge in [0.15, 0.2) is 5.78 Å². The first kappa shape index (κ1) is 13.5. The lowest BCUT2D eigenvalue weighted by Crippen LogP contribution is -2.20. The Labute approximate surface area is 133 Å². The van der Waals surface area contributed by atoms with Crippen molar-refractivity contribution in [3.8, 4) is 11.8 Å². The van der Waals surface area contributed by atoms with Crippen molar-refractivity contribution >= 4 is 16.6 Å². The van der Waals surface area contributed by atoms with Crippen molar-refractivity contribution in [1.82, 2.24) is 0 Å². The Balaban J connectivity index is 1.80. The standard InChI is InChI=1S/C20H13NO2/c21-12-13-5-7-15(8-6-13)19-11-18(22)17-10-9-14-3-1-2-4-16(14)20(17)23-19/h1-10,19H,11H2. The van der Waals surface area contributed by atoms with Gasteiger partial charge < -0.3 is 4.74 Å². The molecule has 0 aromatic heterocycles. The molecule has 0 fully saturated rings. The number of benzene rings is 3. The minimum absolute atomic E-state index is 0.0892. The molecule has 0 bridgehead atoms. The van der Waals surface area contributed by atoms with Crippen LogP contribution in [0.3, 0.4) is 0 Å². The zero-order valence-electron chi connectivity index (χ0n) is 12.3. The normalized spacial score (nSPS) is 16.5. The van der Waals surface area contributed by atoms with Gasteiger partial charge in [0.2, 0.25) is 0 Å². The molecule has 0 radical (unpaired) electrons. The van der Waals surface area contributed by atoms with Crippen LogP contribution in [0.5, 0.6) is 5.75 Å². The van der Waals surface area contributed by atoms with Crippen molar-refractivity contribution in [2.45, 2.75) is 12.5 Å². The number of fused-ring (bicyclic) bond motifs is 3. The van der Waals surface area contributed by atoms with Crippen LogP contribution < -0.4 is 4.74 Å². The Kier molecular flexibility index (Phi) is 3.09. The number of ether oxygens (including phenoxy) is 1. The molecule has 3 aromatic rings. The van der Waals surface area contributed by atoms with Crippen LogP contribution >= 0.6 is 0 Å². The van der Waals surface area contributed by atoms with Gasteiger partial charge in [-0.05, 0) is 29.1 Å². The second-order valence-corrected chi connectivity index (χ2v) is 5.63. The fourth-order valence-electron chi connectivity index (χ4n) is 3.01. The second-order valence-electron chi connectivity index (χ2n) is 5.63. The number of carbonyl (C=O) groups is 1. The summed E-state index contributed by atoms with van der Waals surface area (Å²) in [5, 5.41) is 10.9. The highest BCUT2D eigenvalue weighted by molar-refractivity contribution is 6.06. The molecule has 0 saturated heterocycles. The number of rotatable bonds is 1. The van der Waals surface area contributed by atoms with E-state index in [4.69, 9.17) is 10.00 Å². The number of hydrogen-bond donors (Lipinski definition) is 0. The summed E-state index contributed by atoms with van der Waals surface area (Å²) in [5.41, 5.74) is 2.16. The lowest BCUT2D eigenvalue weighted by atomic mass is 9.93. The summed E-state index contributed by atoms with van der Waals surface area (Å²) in [7, 11) is 0. The van der Waals surface area contributed by atoms with E-state index < -0.39 is 0 Å². The first-order chi connectivity index (χ1) is 11.3. The van der Waals surface area contributed by atoms with Crippen molar-refractivity contribution < 1.29 is 9.53 Å². The van der Waals surface area contributed by atoms with Crippen LogP contribution in [-0.4, -0.2) is 5.78 Å². The Morgan fingerprint density at radius 1 is 1.00 bits per heavy atom. The number of carbonyl (C=O) groups excluding carboxylic acids is 1. The average Bonchev–Trinajstić information content (AvgIpc) is 2.61. The van der Waals surface area contributed by atoms with E-state index in [0.29, 0.717) is 23.3 Å². The Morgan fingerprint density at radius 3 is 2.57 bits per heavy atom. The average molecular weight is 299 g/mol. The van der Waals surface area contributed by atoms with Crippen molar-refractivity contribution in [3.63, 3.8) is 0 Å². The SMILES string of the molecule is N#Cc1ccc(C2CC(=O)c3ccc4ccccc4c3O2)cc1. The minimum atomic E-state index is -0.312.